The molecule has 4 nitrogen and oxygen atoms in total. The van der Waals surface area contributed by atoms with Gasteiger partial charge >= 0.3 is 6.09 Å². The quantitative estimate of drug-likeness (QED) is 0.709. The van der Waals surface area contributed by atoms with E-state index in [2.05, 4.69) is 30.1 Å². The first-order valence-electron chi connectivity index (χ1n) is 7.59. The molecule has 1 unspecified atom stereocenters. The van der Waals surface area contributed by atoms with Gasteiger partial charge in [0.15, 0.2) is 0 Å². The maximum atomic E-state index is 14.1. The predicted octanol–water partition coefficient (Wildman–Crippen LogP) is 3.14. The number of hydrogen-bond acceptors (Lipinski definition) is 3. The van der Waals surface area contributed by atoms with Crippen molar-refractivity contribution < 1.29 is 13.9 Å². The summed E-state index contributed by atoms with van der Waals surface area (Å²) in [6, 6.07) is 3.37. The fraction of sp³-hybridized carbons (Fsp3) is 0.562. The number of amides is 1. The number of benzene rings is 1. The Balaban J connectivity index is 1.92. The summed E-state index contributed by atoms with van der Waals surface area (Å²) in [7, 11) is 2.58. The first kappa shape index (κ1) is 18.6. The minimum absolute atomic E-state index is 0.209. The molecular weight excluding hydrogens is 382 g/mol. The second-order valence-corrected chi connectivity index (χ2v) is 8.24. The number of ether oxygens (including phenoxy) is 1. The van der Waals surface area contributed by atoms with E-state index in [-0.39, 0.29) is 11.9 Å². The lowest BCUT2D eigenvalue weighted by atomic mass is 10.2. The number of carbonyl (C=O) groups excluding carboxylic acids is 1. The van der Waals surface area contributed by atoms with Crippen LogP contribution in [0.4, 0.5) is 9.18 Å². The number of hydrogen-bond donors (Lipinski definition) is 0. The Labute approximate surface area is 147 Å². The SMILES string of the molecule is CC(C)(C)OC(=O)N1CCN(Cc2c(F)cc(Br)cc2P)CC1. The third-order valence-corrected chi connectivity index (χ3v) is 4.57. The van der Waals surface area contributed by atoms with E-state index in [4.69, 9.17) is 4.74 Å². The first-order chi connectivity index (χ1) is 10.7. The van der Waals surface area contributed by atoms with E-state index in [1.807, 2.05) is 26.8 Å². The number of halogens is 2. The second kappa shape index (κ2) is 7.45. The Morgan fingerprint density at radius 3 is 2.43 bits per heavy atom. The summed E-state index contributed by atoms with van der Waals surface area (Å²) in [5.74, 6) is -0.209. The van der Waals surface area contributed by atoms with Crippen LogP contribution >= 0.6 is 25.2 Å². The van der Waals surface area contributed by atoms with Gasteiger partial charge in [-0.2, -0.15) is 0 Å². The van der Waals surface area contributed by atoms with Crippen molar-refractivity contribution in [3.05, 3.63) is 28.0 Å². The molecule has 1 aliphatic rings. The molecule has 0 radical (unpaired) electrons. The van der Waals surface area contributed by atoms with Gasteiger partial charge in [-0.05, 0) is 38.2 Å². The minimum atomic E-state index is -0.483. The summed E-state index contributed by atoms with van der Waals surface area (Å²) in [5.41, 5.74) is 0.201. The van der Waals surface area contributed by atoms with Crippen molar-refractivity contribution in [3.63, 3.8) is 0 Å². The summed E-state index contributed by atoms with van der Waals surface area (Å²) < 4.78 is 20.2. The third kappa shape index (κ3) is 5.40. The molecule has 0 saturated carbocycles. The van der Waals surface area contributed by atoms with E-state index in [0.717, 1.165) is 9.78 Å². The van der Waals surface area contributed by atoms with Crippen molar-refractivity contribution in [2.24, 2.45) is 0 Å². The van der Waals surface area contributed by atoms with Crippen molar-refractivity contribution in [2.45, 2.75) is 32.9 Å². The van der Waals surface area contributed by atoms with Crippen LogP contribution in [0.2, 0.25) is 0 Å². The normalized spacial score (nSPS) is 16.5. The van der Waals surface area contributed by atoms with E-state index in [0.29, 0.717) is 38.3 Å². The molecule has 0 spiro atoms. The van der Waals surface area contributed by atoms with Crippen LogP contribution in [0, 0.1) is 5.82 Å². The maximum Gasteiger partial charge on any atom is 0.410 e. The second-order valence-electron chi connectivity index (χ2n) is 6.70. The molecule has 1 aromatic carbocycles. The summed E-state index contributed by atoms with van der Waals surface area (Å²) in [6.07, 6.45) is -0.279. The van der Waals surface area contributed by atoms with E-state index in [1.54, 1.807) is 4.90 Å². The van der Waals surface area contributed by atoms with Crippen LogP contribution in [-0.2, 0) is 11.3 Å². The van der Waals surface area contributed by atoms with Gasteiger partial charge in [-0.3, -0.25) is 4.90 Å². The molecule has 1 atom stereocenters. The molecule has 0 N–H and O–H groups in total. The van der Waals surface area contributed by atoms with Crippen molar-refractivity contribution in [3.8, 4) is 0 Å². The van der Waals surface area contributed by atoms with Gasteiger partial charge in [0.25, 0.3) is 0 Å². The highest BCUT2D eigenvalue weighted by atomic mass is 79.9. The molecule has 1 aromatic rings. The molecule has 7 heteroatoms. The molecule has 1 fully saturated rings. The molecule has 1 aliphatic heterocycles. The lowest BCUT2D eigenvalue weighted by Crippen LogP contribution is -2.49. The van der Waals surface area contributed by atoms with Crippen LogP contribution < -0.4 is 5.30 Å². The average Bonchev–Trinajstić information content (AvgIpc) is 2.41. The Morgan fingerprint density at radius 1 is 1.30 bits per heavy atom. The van der Waals surface area contributed by atoms with E-state index in [1.165, 1.54) is 6.07 Å². The highest BCUT2D eigenvalue weighted by Crippen LogP contribution is 2.18. The summed E-state index contributed by atoms with van der Waals surface area (Å²) >= 11 is 3.29. The number of nitrogens with zero attached hydrogens (tertiary/aromatic N) is 2. The molecule has 1 amide bonds. The van der Waals surface area contributed by atoms with Crippen LogP contribution in [0.15, 0.2) is 16.6 Å². The summed E-state index contributed by atoms with van der Waals surface area (Å²) in [6.45, 7) is 8.73. The highest BCUT2D eigenvalue weighted by Gasteiger charge is 2.26. The highest BCUT2D eigenvalue weighted by molar-refractivity contribution is 9.10. The van der Waals surface area contributed by atoms with Crippen LogP contribution in [0.3, 0.4) is 0 Å². The fourth-order valence-corrected chi connectivity index (χ4v) is 3.53. The molecule has 23 heavy (non-hydrogen) atoms. The van der Waals surface area contributed by atoms with Crippen molar-refractivity contribution in [1.82, 2.24) is 9.80 Å². The van der Waals surface area contributed by atoms with Gasteiger partial charge in [-0.25, -0.2) is 9.18 Å². The summed E-state index contributed by atoms with van der Waals surface area (Å²) in [4.78, 5) is 15.9. The number of rotatable bonds is 2. The molecule has 1 heterocycles. The Hall–Kier alpha value is -0.710. The molecule has 2 rings (SSSR count). The molecule has 0 aromatic heterocycles. The molecule has 0 bridgehead atoms. The van der Waals surface area contributed by atoms with Gasteiger partial charge in [-0.15, -0.1) is 9.24 Å². The number of piperazine rings is 1. The minimum Gasteiger partial charge on any atom is -0.444 e. The van der Waals surface area contributed by atoms with E-state index in [9.17, 15) is 9.18 Å². The van der Waals surface area contributed by atoms with E-state index < -0.39 is 5.60 Å². The van der Waals surface area contributed by atoms with Crippen molar-refractivity contribution >= 4 is 36.6 Å². The van der Waals surface area contributed by atoms with Gasteiger partial charge in [0, 0.05) is 42.8 Å². The first-order valence-corrected chi connectivity index (χ1v) is 8.96. The van der Waals surface area contributed by atoms with Gasteiger partial charge in [0.2, 0.25) is 0 Å². The van der Waals surface area contributed by atoms with Crippen LogP contribution in [0.25, 0.3) is 0 Å². The average molecular weight is 405 g/mol. The molecule has 1 saturated heterocycles. The zero-order valence-electron chi connectivity index (χ0n) is 13.7. The summed E-state index contributed by atoms with van der Waals surface area (Å²) in [5, 5.41) is 0.853. The van der Waals surface area contributed by atoms with Gasteiger partial charge in [0.1, 0.15) is 11.4 Å². The van der Waals surface area contributed by atoms with Crippen LogP contribution in [0.5, 0.6) is 0 Å². The van der Waals surface area contributed by atoms with Crippen LogP contribution in [-0.4, -0.2) is 47.7 Å². The number of carbonyl (C=O) groups is 1. The fourth-order valence-electron chi connectivity index (χ4n) is 2.43. The lowest BCUT2D eigenvalue weighted by molar-refractivity contribution is 0.0138. The molecule has 0 aliphatic carbocycles. The zero-order chi connectivity index (χ0) is 17.2. The van der Waals surface area contributed by atoms with Crippen LogP contribution in [0.1, 0.15) is 26.3 Å². The predicted molar refractivity (Wildman–Crippen MR) is 96.5 cm³/mol. The topological polar surface area (TPSA) is 32.8 Å². The zero-order valence-corrected chi connectivity index (χ0v) is 16.5. The Morgan fingerprint density at radius 2 is 1.91 bits per heavy atom. The maximum absolute atomic E-state index is 14.1. The Kier molecular flexibility index (Phi) is 6.04. The lowest BCUT2D eigenvalue weighted by Gasteiger charge is -2.35. The smallest absolute Gasteiger partial charge is 0.410 e. The van der Waals surface area contributed by atoms with Gasteiger partial charge < -0.3 is 9.64 Å². The monoisotopic (exact) mass is 404 g/mol. The van der Waals surface area contributed by atoms with Gasteiger partial charge in [-0.1, -0.05) is 15.9 Å². The largest absolute Gasteiger partial charge is 0.444 e. The molecule has 128 valence electrons. The standard InChI is InChI=1S/C16H23BrFN2O2P/c1-16(2,3)22-15(21)20-6-4-19(5-7-20)10-12-13(18)8-11(17)9-14(12)23/h8-9H,4-7,10,23H2,1-3H3. The van der Waals surface area contributed by atoms with E-state index >= 15 is 0 Å². The molecular formula is C16H23BrFN2O2P. The van der Waals surface area contributed by atoms with Crippen molar-refractivity contribution in [1.29, 1.82) is 0 Å². The third-order valence-electron chi connectivity index (χ3n) is 3.60. The van der Waals surface area contributed by atoms with Crippen molar-refractivity contribution in [2.75, 3.05) is 26.2 Å². The Bertz CT molecular complexity index is 561. The van der Waals surface area contributed by atoms with Gasteiger partial charge in [0.05, 0.1) is 0 Å².